The highest BCUT2D eigenvalue weighted by Gasteiger charge is 2.15. The van der Waals surface area contributed by atoms with Gasteiger partial charge in [-0.3, -0.25) is 0 Å². The molecule has 1 fully saturated rings. The summed E-state index contributed by atoms with van der Waals surface area (Å²) in [4.78, 5) is 0. The highest BCUT2D eigenvalue weighted by Crippen LogP contribution is 2.23. The van der Waals surface area contributed by atoms with Crippen molar-refractivity contribution in [1.29, 1.82) is 0 Å². The van der Waals surface area contributed by atoms with E-state index >= 15 is 0 Å². The molecule has 0 radical (unpaired) electrons. The molecule has 0 saturated heterocycles. The largest absolute Gasteiger partial charge is 0.314 e. The van der Waals surface area contributed by atoms with Gasteiger partial charge < -0.3 is 5.32 Å². The first-order valence-electron chi connectivity index (χ1n) is 7.49. The predicted octanol–water partition coefficient (Wildman–Crippen LogP) is 4.37. The zero-order chi connectivity index (χ0) is 11.8. The Hall–Kier alpha value is -0.0400. The molecule has 0 bridgehead atoms. The predicted molar refractivity (Wildman–Crippen MR) is 72.7 cm³/mol. The first-order valence-corrected chi connectivity index (χ1v) is 7.49. The molecular weight excluding hydrogens is 194 g/mol. The van der Waals surface area contributed by atoms with Crippen molar-refractivity contribution in [3.8, 4) is 0 Å². The summed E-state index contributed by atoms with van der Waals surface area (Å²) in [7, 11) is 0. The molecule has 1 nitrogen and oxygen atoms in total. The summed E-state index contributed by atoms with van der Waals surface area (Å²) in [5, 5.41) is 3.80. The van der Waals surface area contributed by atoms with Crippen molar-refractivity contribution in [3.63, 3.8) is 0 Å². The molecule has 0 spiro atoms. The molecule has 2 atom stereocenters. The Labute approximate surface area is 102 Å². The van der Waals surface area contributed by atoms with Crippen molar-refractivity contribution >= 4 is 0 Å². The summed E-state index contributed by atoms with van der Waals surface area (Å²) in [6.45, 7) is 8.28. The van der Waals surface area contributed by atoms with Gasteiger partial charge in [0, 0.05) is 6.04 Å². The molecule has 0 heterocycles. The molecule has 96 valence electrons. The van der Waals surface area contributed by atoms with Gasteiger partial charge in [0.25, 0.3) is 0 Å². The van der Waals surface area contributed by atoms with E-state index in [1.54, 1.807) is 0 Å². The van der Waals surface area contributed by atoms with Crippen molar-refractivity contribution in [2.24, 2.45) is 11.8 Å². The van der Waals surface area contributed by atoms with Gasteiger partial charge in [0.2, 0.25) is 0 Å². The summed E-state index contributed by atoms with van der Waals surface area (Å²) in [6.07, 6.45) is 11.3. The van der Waals surface area contributed by atoms with Gasteiger partial charge in [0.1, 0.15) is 0 Å². The van der Waals surface area contributed by atoms with E-state index in [-0.39, 0.29) is 0 Å². The molecule has 0 amide bonds. The van der Waals surface area contributed by atoms with Gasteiger partial charge in [0.15, 0.2) is 0 Å². The Bertz CT molecular complexity index is 161. The summed E-state index contributed by atoms with van der Waals surface area (Å²) < 4.78 is 0. The van der Waals surface area contributed by atoms with Crippen LogP contribution in [0.2, 0.25) is 0 Å². The van der Waals surface area contributed by atoms with Crippen LogP contribution in [0.1, 0.15) is 72.1 Å². The maximum absolute atomic E-state index is 3.80. The van der Waals surface area contributed by atoms with Crippen LogP contribution in [0, 0.1) is 11.8 Å². The SMILES string of the molecule is CCC(C)CC(CC)NCC1CCCCC1. The third-order valence-electron chi connectivity index (χ3n) is 4.30. The van der Waals surface area contributed by atoms with E-state index in [0.29, 0.717) is 0 Å². The van der Waals surface area contributed by atoms with Crippen LogP contribution in [0.3, 0.4) is 0 Å². The second-order valence-corrected chi connectivity index (χ2v) is 5.77. The molecule has 1 aliphatic carbocycles. The molecule has 1 rings (SSSR count). The van der Waals surface area contributed by atoms with Crippen molar-refractivity contribution in [2.75, 3.05) is 6.54 Å². The van der Waals surface area contributed by atoms with Crippen LogP contribution in [0.4, 0.5) is 0 Å². The van der Waals surface area contributed by atoms with Crippen LogP contribution in [0.5, 0.6) is 0 Å². The van der Waals surface area contributed by atoms with Crippen molar-refractivity contribution < 1.29 is 0 Å². The quantitative estimate of drug-likeness (QED) is 0.678. The van der Waals surface area contributed by atoms with Crippen LogP contribution in [-0.2, 0) is 0 Å². The van der Waals surface area contributed by atoms with Crippen LogP contribution in [0.25, 0.3) is 0 Å². The van der Waals surface area contributed by atoms with Gasteiger partial charge >= 0.3 is 0 Å². The Morgan fingerprint density at radius 2 is 1.75 bits per heavy atom. The van der Waals surface area contributed by atoms with E-state index in [2.05, 4.69) is 26.1 Å². The summed E-state index contributed by atoms with van der Waals surface area (Å²) in [5.41, 5.74) is 0. The van der Waals surface area contributed by atoms with E-state index in [1.165, 1.54) is 57.9 Å². The highest BCUT2D eigenvalue weighted by atomic mass is 14.9. The monoisotopic (exact) mass is 225 g/mol. The standard InChI is InChI=1S/C15H31N/c1-4-13(3)11-15(5-2)16-12-14-9-7-6-8-10-14/h13-16H,4-12H2,1-3H3. The molecule has 1 N–H and O–H groups in total. The van der Waals surface area contributed by atoms with Crippen LogP contribution < -0.4 is 5.32 Å². The minimum absolute atomic E-state index is 0.761. The zero-order valence-electron chi connectivity index (χ0n) is 11.6. The van der Waals surface area contributed by atoms with Crippen LogP contribution in [0.15, 0.2) is 0 Å². The fraction of sp³-hybridized carbons (Fsp3) is 1.00. The minimum atomic E-state index is 0.761. The van der Waals surface area contributed by atoms with E-state index < -0.39 is 0 Å². The Morgan fingerprint density at radius 3 is 2.31 bits per heavy atom. The fourth-order valence-electron chi connectivity index (χ4n) is 2.77. The van der Waals surface area contributed by atoms with Gasteiger partial charge in [-0.1, -0.05) is 46.5 Å². The fourth-order valence-corrected chi connectivity index (χ4v) is 2.77. The smallest absolute Gasteiger partial charge is 0.00670 e. The average Bonchev–Trinajstić information content (AvgIpc) is 2.35. The number of hydrogen-bond donors (Lipinski definition) is 1. The molecule has 0 aliphatic heterocycles. The first-order chi connectivity index (χ1) is 7.76. The zero-order valence-corrected chi connectivity index (χ0v) is 11.6. The minimum Gasteiger partial charge on any atom is -0.314 e. The lowest BCUT2D eigenvalue weighted by atomic mass is 9.88. The first kappa shape index (κ1) is 14.0. The summed E-state index contributed by atoms with van der Waals surface area (Å²) in [6, 6.07) is 0.761. The normalized spacial score (nSPS) is 21.9. The number of hydrogen-bond acceptors (Lipinski definition) is 1. The molecule has 0 aromatic rings. The lowest BCUT2D eigenvalue weighted by molar-refractivity contribution is 0.306. The maximum atomic E-state index is 3.80. The number of nitrogens with one attached hydrogen (secondary N) is 1. The maximum Gasteiger partial charge on any atom is 0.00670 e. The second kappa shape index (κ2) is 8.11. The molecular formula is C15H31N. The van der Waals surface area contributed by atoms with E-state index in [4.69, 9.17) is 0 Å². The summed E-state index contributed by atoms with van der Waals surface area (Å²) >= 11 is 0. The van der Waals surface area contributed by atoms with Gasteiger partial charge in [0.05, 0.1) is 0 Å². The molecule has 1 heteroatoms. The van der Waals surface area contributed by atoms with E-state index in [1.807, 2.05) is 0 Å². The molecule has 1 saturated carbocycles. The molecule has 0 aromatic heterocycles. The van der Waals surface area contributed by atoms with Gasteiger partial charge in [-0.05, 0) is 44.1 Å². The molecule has 16 heavy (non-hydrogen) atoms. The lowest BCUT2D eigenvalue weighted by Gasteiger charge is -2.26. The Morgan fingerprint density at radius 1 is 1.06 bits per heavy atom. The highest BCUT2D eigenvalue weighted by molar-refractivity contribution is 4.73. The third-order valence-corrected chi connectivity index (χ3v) is 4.30. The van der Waals surface area contributed by atoms with Gasteiger partial charge in [-0.15, -0.1) is 0 Å². The molecule has 1 aliphatic rings. The lowest BCUT2D eigenvalue weighted by Crippen LogP contribution is -2.34. The van der Waals surface area contributed by atoms with Crippen LogP contribution >= 0.6 is 0 Å². The number of rotatable bonds is 7. The van der Waals surface area contributed by atoms with Crippen molar-refractivity contribution in [1.82, 2.24) is 5.32 Å². The van der Waals surface area contributed by atoms with Crippen LogP contribution in [-0.4, -0.2) is 12.6 Å². The topological polar surface area (TPSA) is 12.0 Å². The van der Waals surface area contributed by atoms with Crippen molar-refractivity contribution in [3.05, 3.63) is 0 Å². The van der Waals surface area contributed by atoms with E-state index in [9.17, 15) is 0 Å². The average molecular weight is 225 g/mol. The van der Waals surface area contributed by atoms with E-state index in [0.717, 1.165) is 17.9 Å². The third kappa shape index (κ3) is 5.34. The van der Waals surface area contributed by atoms with Gasteiger partial charge in [-0.2, -0.15) is 0 Å². The summed E-state index contributed by atoms with van der Waals surface area (Å²) in [5.74, 6) is 1.85. The second-order valence-electron chi connectivity index (χ2n) is 5.77. The molecule has 0 aromatic carbocycles. The van der Waals surface area contributed by atoms with Crippen molar-refractivity contribution in [2.45, 2.75) is 78.2 Å². The molecule has 2 unspecified atom stereocenters. The Balaban J connectivity index is 2.16. The Kier molecular flexibility index (Phi) is 7.11. The van der Waals surface area contributed by atoms with Gasteiger partial charge in [-0.25, -0.2) is 0 Å².